The Kier molecular flexibility index (Phi) is 6.04. The molecule has 0 aliphatic rings. The van der Waals surface area contributed by atoms with E-state index in [1.54, 1.807) is 24.3 Å². The van der Waals surface area contributed by atoms with Gasteiger partial charge in [-0.3, -0.25) is 14.8 Å². The second-order valence-electron chi connectivity index (χ2n) is 6.19. The van der Waals surface area contributed by atoms with Crippen LogP contribution in [0, 0.1) is 0 Å². The van der Waals surface area contributed by atoms with Crippen LogP contribution in [0.25, 0.3) is 0 Å². The molecule has 0 aliphatic heterocycles. The van der Waals surface area contributed by atoms with Crippen LogP contribution >= 0.6 is 0 Å². The first kappa shape index (κ1) is 20.2. The molecule has 0 aromatic heterocycles. The number of ether oxygens (including phenoxy) is 1. The zero-order valence-corrected chi connectivity index (χ0v) is 14.9. The van der Waals surface area contributed by atoms with Gasteiger partial charge in [-0.2, -0.15) is 0 Å². The summed E-state index contributed by atoms with van der Waals surface area (Å²) in [6.07, 6.45) is -0.692. The molecular weight excluding hydrogens is 354 g/mol. The monoisotopic (exact) mass is 375 g/mol. The molecule has 0 bridgehead atoms. The minimum atomic E-state index is -1.86. The molecule has 0 aliphatic carbocycles. The number of amides is 1. The van der Waals surface area contributed by atoms with Crippen molar-refractivity contribution in [3.63, 3.8) is 0 Å². The molecule has 4 N–H and O–H groups in total. The highest BCUT2D eigenvalue weighted by atomic mass is 16.5. The number of likely N-dealkylation sites (N-methyl/N-ethyl adjacent to an activating group) is 1. The van der Waals surface area contributed by atoms with Crippen molar-refractivity contribution in [1.82, 2.24) is 5.06 Å². The lowest BCUT2D eigenvalue weighted by atomic mass is 9.82. The van der Waals surface area contributed by atoms with Gasteiger partial charge in [-0.25, -0.2) is 5.06 Å². The summed E-state index contributed by atoms with van der Waals surface area (Å²) in [6.45, 7) is 0. The molecule has 8 heteroatoms. The number of carbonyl (C=O) groups excluding carboxylic acids is 2. The minimum absolute atomic E-state index is 0.0601. The molecule has 2 aromatic carbocycles. The molecule has 0 radical (unpaired) electrons. The van der Waals surface area contributed by atoms with Crippen molar-refractivity contribution in [2.45, 2.75) is 18.4 Å². The highest BCUT2D eigenvalue weighted by Crippen LogP contribution is 2.35. The van der Waals surface area contributed by atoms with Gasteiger partial charge in [-0.15, -0.1) is 0 Å². The smallest absolute Gasteiger partial charge is 0.313 e. The standard InChI is InChI=1S/C19H21NO7/c1-20(26)18(24)17(23)11-19(25,13-5-8-15(21)16(22)9-13)10-12-3-6-14(27-2)7-4-12/h3-9,21-22,25-26H,10-11H2,1-2H3. The predicted octanol–water partition coefficient (Wildman–Crippen LogP) is 1.34. The fourth-order valence-electron chi connectivity index (χ4n) is 2.68. The maximum atomic E-state index is 12.2. The van der Waals surface area contributed by atoms with Gasteiger partial charge in [0.25, 0.3) is 0 Å². The summed E-state index contributed by atoms with van der Waals surface area (Å²) in [7, 11) is 2.52. The largest absolute Gasteiger partial charge is 0.504 e. The number of phenolic OH excluding ortho intramolecular Hbond substituents is 2. The fourth-order valence-corrected chi connectivity index (χ4v) is 2.68. The highest BCUT2D eigenvalue weighted by molar-refractivity contribution is 6.35. The summed E-state index contributed by atoms with van der Waals surface area (Å²) in [5.41, 5.74) is -1.08. The van der Waals surface area contributed by atoms with Gasteiger partial charge in [-0.05, 0) is 35.4 Å². The second kappa shape index (κ2) is 8.07. The van der Waals surface area contributed by atoms with E-state index in [-0.39, 0.29) is 22.8 Å². The van der Waals surface area contributed by atoms with Crippen LogP contribution in [-0.2, 0) is 21.6 Å². The van der Waals surface area contributed by atoms with Crippen LogP contribution < -0.4 is 4.74 Å². The Hall–Kier alpha value is -3.10. The van der Waals surface area contributed by atoms with E-state index in [9.17, 15) is 30.1 Å². The number of hydroxylamine groups is 2. The molecule has 2 aromatic rings. The van der Waals surface area contributed by atoms with Crippen molar-refractivity contribution in [2.75, 3.05) is 14.2 Å². The third-order valence-corrected chi connectivity index (χ3v) is 4.15. The van der Waals surface area contributed by atoms with Crippen LogP contribution in [0.1, 0.15) is 17.5 Å². The fraction of sp³-hybridized carbons (Fsp3) is 0.263. The number of carbonyl (C=O) groups is 2. The molecule has 0 heterocycles. The van der Waals surface area contributed by atoms with Gasteiger partial charge in [0.1, 0.15) is 11.4 Å². The normalized spacial score (nSPS) is 12.9. The molecular formula is C19H21NO7. The number of rotatable bonds is 7. The number of phenols is 2. The lowest BCUT2D eigenvalue weighted by molar-refractivity contribution is -0.167. The first-order chi connectivity index (χ1) is 12.7. The molecule has 1 unspecified atom stereocenters. The number of ketones is 1. The summed E-state index contributed by atoms with van der Waals surface area (Å²) in [5.74, 6) is -2.44. The summed E-state index contributed by atoms with van der Waals surface area (Å²) >= 11 is 0. The number of hydrogen-bond donors (Lipinski definition) is 4. The van der Waals surface area contributed by atoms with E-state index in [0.29, 0.717) is 11.3 Å². The number of nitrogens with zero attached hydrogens (tertiary/aromatic N) is 1. The molecule has 27 heavy (non-hydrogen) atoms. The third-order valence-electron chi connectivity index (χ3n) is 4.15. The Bertz CT molecular complexity index is 832. The Morgan fingerprint density at radius 2 is 1.70 bits per heavy atom. The van der Waals surface area contributed by atoms with Crippen LogP contribution in [0.4, 0.5) is 0 Å². The maximum absolute atomic E-state index is 12.2. The van der Waals surface area contributed by atoms with E-state index < -0.39 is 29.5 Å². The van der Waals surface area contributed by atoms with Gasteiger partial charge in [0.15, 0.2) is 11.5 Å². The quantitative estimate of drug-likeness (QED) is 0.249. The van der Waals surface area contributed by atoms with Crippen molar-refractivity contribution in [3.8, 4) is 17.2 Å². The number of benzene rings is 2. The van der Waals surface area contributed by atoms with Crippen molar-refractivity contribution >= 4 is 11.7 Å². The molecule has 0 saturated carbocycles. The van der Waals surface area contributed by atoms with Crippen molar-refractivity contribution in [1.29, 1.82) is 0 Å². The highest BCUT2D eigenvalue weighted by Gasteiger charge is 2.36. The van der Waals surface area contributed by atoms with Gasteiger partial charge in [-0.1, -0.05) is 18.2 Å². The van der Waals surface area contributed by atoms with Crippen LogP contribution in [0.5, 0.6) is 17.2 Å². The lowest BCUT2D eigenvalue weighted by Crippen LogP contribution is -2.38. The van der Waals surface area contributed by atoms with E-state index in [4.69, 9.17) is 4.74 Å². The number of aliphatic hydroxyl groups is 1. The summed E-state index contributed by atoms with van der Waals surface area (Å²) in [5, 5.41) is 39.8. The Labute approximate surface area is 155 Å². The van der Waals surface area contributed by atoms with Crippen molar-refractivity contribution < 1.29 is 34.9 Å². The van der Waals surface area contributed by atoms with E-state index in [2.05, 4.69) is 0 Å². The molecule has 144 valence electrons. The van der Waals surface area contributed by atoms with E-state index in [1.165, 1.54) is 19.2 Å². The Morgan fingerprint density at radius 1 is 1.07 bits per heavy atom. The van der Waals surface area contributed by atoms with Gasteiger partial charge in [0.05, 0.1) is 7.11 Å². The van der Waals surface area contributed by atoms with Gasteiger partial charge in [0, 0.05) is 19.9 Å². The minimum Gasteiger partial charge on any atom is -0.504 e. The SMILES string of the molecule is COc1ccc(CC(O)(CC(=O)C(=O)N(C)O)c2ccc(O)c(O)c2)cc1. The van der Waals surface area contributed by atoms with Gasteiger partial charge < -0.3 is 20.1 Å². The maximum Gasteiger partial charge on any atom is 0.313 e. The average Bonchev–Trinajstić information content (AvgIpc) is 2.63. The van der Waals surface area contributed by atoms with Gasteiger partial charge >= 0.3 is 5.91 Å². The Morgan fingerprint density at radius 3 is 2.22 bits per heavy atom. The molecule has 0 spiro atoms. The second-order valence-corrected chi connectivity index (χ2v) is 6.19. The summed E-state index contributed by atoms with van der Waals surface area (Å²) in [4.78, 5) is 23.9. The van der Waals surface area contributed by atoms with Crippen molar-refractivity contribution in [3.05, 3.63) is 53.6 Å². The van der Waals surface area contributed by atoms with Crippen LogP contribution in [0.15, 0.2) is 42.5 Å². The number of aromatic hydroxyl groups is 2. The number of Topliss-reactive ketones (excluding diaryl/α,β-unsaturated/α-hetero) is 1. The number of methoxy groups -OCH3 is 1. The lowest BCUT2D eigenvalue weighted by Gasteiger charge is -2.29. The molecule has 0 saturated heterocycles. The van der Waals surface area contributed by atoms with Crippen LogP contribution in [0.3, 0.4) is 0 Å². The third kappa shape index (κ3) is 4.75. The average molecular weight is 375 g/mol. The predicted molar refractivity (Wildman–Crippen MR) is 94.5 cm³/mol. The molecule has 1 atom stereocenters. The van der Waals surface area contributed by atoms with Gasteiger partial charge in [0.2, 0.25) is 5.78 Å². The first-order valence-corrected chi connectivity index (χ1v) is 8.04. The van der Waals surface area contributed by atoms with Crippen molar-refractivity contribution in [2.24, 2.45) is 0 Å². The number of hydrogen-bond acceptors (Lipinski definition) is 7. The summed E-state index contributed by atoms with van der Waals surface area (Å²) in [6, 6.07) is 10.4. The zero-order valence-electron chi connectivity index (χ0n) is 14.9. The molecule has 1 amide bonds. The molecule has 0 fully saturated rings. The van der Waals surface area contributed by atoms with Crippen LogP contribution in [-0.4, -0.2) is 51.4 Å². The molecule has 8 nitrogen and oxygen atoms in total. The first-order valence-electron chi connectivity index (χ1n) is 8.04. The Balaban J connectivity index is 2.41. The van der Waals surface area contributed by atoms with E-state index in [1.807, 2.05) is 0 Å². The summed E-state index contributed by atoms with van der Waals surface area (Å²) < 4.78 is 5.08. The topological polar surface area (TPSA) is 128 Å². The zero-order chi connectivity index (χ0) is 20.2. The van der Waals surface area contributed by atoms with Crippen LogP contribution in [0.2, 0.25) is 0 Å². The molecule has 2 rings (SSSR count). The van der Waals surface area contributed by atoms with E-state index >= 15 is 0 Å². The van der Waals surface area contributed by atoms with E-state index in [0.717, 1.165) is 13.1 Å².